The Balaban J connectivity index is 4.40. The molecule has 1 amide bonds. The van der Waals surface area contributed by atoms with Crippen LogP contribution >= 0.6 is 0 Å². The van der Waals surface area contributed by atoms with Gasteiger partial charge in [0.15, 0.2) is 5.84 Å². The van der Waals surface area contributed by atoms with Crippen molar-refractivity contribution in [1.29, 1.82) is 0 Å². The Morgan fingerprint density at radius 1 is 1.33 bits per heavy atom. The molecule has 0 aliphatic carbocycles. The van der Waals surface area contributed by atoms with Crippen molar-refractivity contribution in [2.75, 3.05) is 0 Å². The number of nitrogens with two attached hydrogens (primary N) is 1. The molecule has 0 aliphatic heterocycles. The van der Waals surface area contributed by atoms with Crippen LogP contribution in [0.3, 0.4) is 0 Å². The minimum Gasteiger partial charge on any atom is -0.409 e. The molecule has 0 aromatic rings. The summed E-state index contributed by atoms with van der Waals surface area (Å²) in [6.07, 6.45) is 2.30. The Morgan fingerprint density at radius 3 is 2.20 bits per heavy atom. The molecule has 0 spiro atoms. The summed E-state index contributed by atoms with van der Waals surface area (Å²) in [5.74, 6) is -0.724. The Hall–Kier alpha value is -1.26. The van der Waals surface area contributed by atoms with Crippen LogP contribution in [-0.4, -0.2) is 23.0 Å². The van der Waals surface area contributed by atoms with Crippen molar-refractivity contribution in [3.8, 4) is 0 Å². The first-order chi connectivity index (χ1) is 7.10. The van der Waals surface area contributed by atoms with Gasteiger partial charge in [0.05, 0.1) is 5.92 Å². The summed E-state index contributed by atoms with van der Waals surface area (Å²) < 4.78 is 0. The van der Waals surface area contributed by atoms with Gasteiger partial charge in [0, 0.05) is 6.04 Å². The standard InChI is InChI=1S/C10H21N3O2/c1-4-7(5-2)12-10(14)8(6-3)9(11)13-15/h7-8,15H,4-6H2,1-3H3,(H2,11,13)(H,12,14). The maximum absolute atomic E-state index is 11.7. The average Bonchev–Trinajstić information content (AvgIpc) is 2.26. The normalized spacial score (nSPS) is 14.0. The van der Waals surface area contributed by atoms with E-state index in [1.54, 1.807) is 0 Å². The number of hydrogen-bond donors (Lipinski definition) is 3. The van der Waals surface area contributed by atoms with Crippen LogP contribution in [0, 0.1) is 5.92 Å². The molecular weight excluding hydrogens is 194 g/mol. The van der Waals surface area contributed by atoms with E-state index in [-0.39, 0.29) is 17.8 Å². The van der Waals surface area contributed by atoms with Crippen molar-refractivity contribution >= 4 is 11.7 Å². The summed E-state index contributed by atoms with van der Waals surface area (Å²) in [6, 6.07) is 0.165. The molecule has 0 fully saturated rings. The topological polar surface area (TPSA) is 87.7 Å². The number of nitrogens with one attached hydrogen (secondary N) is 1. The molecule has 15 heavy (non-hydrogen) atoms. The highest BCUT2D eigenvalue weighted by Gasteiger charge is 2.22. The van der Waals surface area contributed by atoms with Crippen LogP contribution in [0.2, 0.25) is 0 Å². The Labute approximate surface area is 90.7 Å². The van der Waals surface area contributed by atoms with E-state index in [2.05, 4.69) is 10.5 Å². The van der Waals surface area contributed by atoms with Gasteiger partial charge in [-0.25, -0.2) is 0 Å². The molecule has 0 saturated carbocycles. The maximum Gasteiger partial charge on any atom is 0.231 e. The smallest absolute Gasteiger partial charge is 0.231 e. The van der Waals surface area contributed by atoms with Crippen molar-refractivity contribution in [1.82, 2.24) is 5.32 Å². The lowest BCUT2D eigenvalue weighted by Gasteiger charge is -2.19. The molecule has 88 valence electrons. The summed E-state index contributed by atoms with van der Waals surface area (Å²) in [6.45, 7) is 5.85. The second kappa shape index (κ2) is 7.09. The zero-order valence-corrected chi connectivity index (χ0v) is 9.66. The van der Waals surface area contributed by atoms with Crippen LogP contribution in [0.5, 0.6) is 0 Å². The van der Waals surface area contributed by atoms with Crippen LogP contribution in [0.15, 0.2) is 5.16 Å². The first kappa shape index (κ1) is 13.7. The lowest BCUT2D eigenvalue weighted by atomic mass is 10.0. The minimum absolute atomic E-state index is 0.0269. The van der Waals surface area contributed by atoms with Gasteiger partial charge in [-0.1, -0.05) is 25.9 Å². The van der Waals surface area contributed by atoms with E-state index in [9.17, 15) is 4.79 Å². The van der Waals surface area contributed by atoms with Crippen LogP contribution in [0.25, 0.3) is 0 Å². The third-order valence-corrected chi connectivity index (χ3v) is 2.53. The molecule has 0 aromatic heterocycles. The zero-order chi connectivity index (χ0) is 11.8. The lowest BCUT2D eigenvalue weighted by molar-refractivity contribution is -0.123. The van der Waals surface area contributed by atoms with Gasteiger partial charge in [-0.15, -0.1) is 0 Å². The van der Waals surface area contributed by atoms with Gasteiger partial charge in [-0.3, -0.25) is 4.79 Å². The third kappa shape index (κ3) is 4.18. The van der Waals surface area contributed by atoms with Crippen molar-refractivity contribution in [2.45, 2.75) is 46.1 Å². The van der Waals surface area contributed by atoms with Gasteiger partial charge >= 0.3 is 0 Å². The Kier molecular flexibility index (Phi) is 6.49. The molecule has 0 bridgehead atoms. The second-order valence-corrected chi connectivity index (χ2v) is 3.51. The zero-order valence-electron chi connectivity index (χ0n) is 9.66. The molecule has 1 atom stereocenters. The number of amides is 1. The molecule has 0 radical (unpaired) electrons. The predicted molar refractivity (Wildman–Crippen MR) is 59.7 cm³/mol. The monoisotopic (exact) mass is 215 g/mol. The van der Waals surface area contributed by atoms with E-state index in [4.69, 9.17) is 10.9 Å². The number of hydrogen-bond acceptors (Lipinski definition) is 3. The number of nitrogens with zero attached hydrogens (tertiary/aromatic N) is 1. The van der Waals surface area contributed by atoms with Crippen LogP contribution in [0.1, 0.15) is 40.0 Å². The fourth-order valence-electron chi connectivity index (χ4n) is 1.39. The summed E-state index contributed by atoms with van der Waals surface area (Å²) in [5.41, 5.74) is 5.43. The van der Waals surface area contributed by atoms with Crippen LogP contribution < -0.4 is 11.1 Å². The molecule has 5 nitrogen and oxygen atoms in total. The summed E-state index contributed by atoms with van der Waals surface area (Å²) in [4.78, 5) is 11.7. The van der Waals surface area contributed by atoms with Gasteiger partial charge in [-0.2, -0.15) is 0 Å². The number of oxime groups is 1. The molecular formula is C10H21N3O2. The molecule has 0 heterocycles. The van der Waals surface area contributed by atoms with Crippen molar-refractivity contribution in [2.24, 2.45) is 16.8 Å². The molecule has 0 rings (SSSR count). The van der Waals surface area contributed by atoms with Gasteiger partial charge in [0.25, 0.3) is 0 Å². The SMILES string of the molecule is CCC(CC)NC(=O)C(CC)C(N)=NO. The van der Waals surface area contributed by atoms with Crippen molar-refractivity contribution in [3.63, 3.8) is 0 Å². The number of carbonyl (C=O) groups is 1. The molecule has 0 aromatic carbocycles. The molecule has 5 heteroatoms. The summed E-state index contributed by atoms with van der Waals surface area (Å²) >= 11 is 0. The Morgan fingerprint density at radius 2 is 1.87 bits per heavy atom. The van der Waals surface area contributed by atoms with E-state index in [0.29, 0.717) is 6.42 Å². The summed E-state index contributed by atoms with van der Waals surface area (Å²) in [7, 11) is 0. The second-order valence-electron chi connectivity index (χ2n) is 3.51. The number of amidine groups is 1. The van der Waals surface area contributed by atoms with E-state index >= 15 is 0 Å². The first-order valence-corrected chi connectivity index (χ1v) is 5.38. The largest absolute Gasteiger partial charge is 0.409 e. The van der Waals surface area contributed by atoms with E-state index in [1.165, 1.54) is 0 Å². The Bertz CT molecular complexity index is 225. The van der Waals surface area contributed by atoms with Crippen LogP contribution in [0.4, 0.5) is 0 Å². The fraction of sp³-hybridized carbons (Fsp3) is 0.800. The molecule has 0 saturated heterocycles. The van der Waals surface area contributed by atoms with E-state index < -0.39 is 5.92 Å². The number of rotatable bonds is 6. The van der Waals surface area contributed by atoms with Gasteiger partial charge in [0.1, 0.15) is 0 Å². The third-order valence-electron chi connectivity index (χ3n) is 2.53. The van der Waals surface area contributed by atoms with Gasteiger partial charge in [-0.05, 0) is 19.3 Å². The van der Waals surface area contributed by atoms with Gasteiger partial charge < -0.3 is 16.3 Å². The maximum atomic E-state index is 11.7. The molecule has 0 aliphatic rings. The fourth-order valence-corrected chi connectivity index (χ4v) is 1.39. The van der Waals surface area contributed by atoms with Crippen LogP contribution in [-0.2, 0) is 4.79 Å². The van der Waals surface area contributed by atoms with Gasteiger partial charge in [0.2, 0.25) is 5.91 Å². The quantitative estimate of drug-likeness (QED) is 0.268. The van der Waals surface area contributed by atoms with Crippen molar-refractivity contribution < 1.29 is 10.0 Å². The predicted octanol–water partition coefficient (Wildman–Crippen LogP) is 1.06. The lowest BCUT2D eigenvalue weighted by Crippen LogP contribution is -2.43. The summed E-state index contributed by atoms with van der Waals surface area (Å²) in [5, 5.41) is 14.3. The molecule has 1 unspecified atom stereocenters. The number of carbonyl (C=O) groups excluding carboxylic acids is 1. The first-order valence-electron chi connectivity index (χ1n) is 5.38. The van der Waals surface area contributed by atoms with E-state index in [0.717, 1.165) is 12.8 Å². The highest BCUT2D eigenvalue weighted by Crippen LogP contribution is 2.05. The highest BCUT2D eigenvalue weighted by atomic mass is 16.4. The van der Waals surface area contributed by atoms with Crippen molar-refractivity contribution in [3.05, 3.63) is 0 Å². The minimum atomic E-state index is -0.532. The highest BCUT2D eigenvalue weighted by molar-refractivity contribution is 6.02. The molecule has 4 N–H and O–H groups in total. The van der Waals surface area contributed by atoms with E-state index in [1.807, 2.05) is 20.8 Å². The average molecular weight is 215 g/mol.